The molecular weight excluding hydrogens is 146 g/mol. The van der Waals surface area contributed by atoms with Crippen LogP contribution in [0.25, 0.3) is 0 Å². The van der Waals surface area contributed by atoms with Crippen molar-refractivity contribution in [2.24, 2.45) is 0 Å². The number of hydrogen-bond acceptors (Lipinski definition) is 0. The van der Waals surface area contributed by atoms with Gasteiger partial charge in [-0.2, -0.15) is 0 Å². The van der Waals surface area contributed by atoms with Crippen LogP contribution in [0.2, 0.25) is -0.511 Å². The third kappa shape index (κ3) is 5.81. The predicted molar refractivity (Wildman–Crippen MR) is 30.1 cm³/mol. The Labute approximate surface area is 79.4 Å². The van der Waals surface area contributed by atoms with Gasteiger partial charge in [0.1, 0.15) is 0 Å². The van der Waals surface area contributed by atoms with Crippen LogP contribution in [0.1, 0.15) is 26.2 Å². The van der Waals surface area contributed by atoms with Crippen molar-refractivity contribution in [2.75, 3.05) is 0 Å². The summed E-state index contributed by atoms with van der Waals surface area (Å²) in [7, 11) is 0. The van der Waals surface area contributed by atoms with E-state index in [4.69, 9.17) is 0 Å². The standard InChI is InChI=1S/C5H11.Rb/c1-3-5-4-2;/h1,3-5H2,2H3;. The molecule has 0 nitrogen and oxygen atoms in total. The average molecular weight is 157 g/mol. The van der Waals surface area contributed by atoms with Crippen molar-refractivity contribution in [1.29, 1.82) is 0 Å². The van der Waals surface area contributed by atoms with Crippen molar-refractivity contribution < 1.29 is 0 Å². The van der Waals surface area contributed by atoms with Crippen LogP contribution in [0.4, 0.5) is 0 Å². The van der Waals surface area contributed by atoms with E-state index in [9.17, 15) is 0 Å². The zero-order chi connectivity index (χ0) is 4.83. The zero-order valence-corrected chi connectivity index (χ0v) is 9.74. The molecule has 0 bridgehead atoms. The third-order valence-corrected chi connectivity index (χ3v) is 2.70. The molecule has 0 aliphatic heterocycles. The molecule has 32 valence electrons. The van der Waals surface area contributed by atoms with Gasteiger partial charge in [0.25, 0.3) is 0 Å². The molecule has 0 atom stereocenters. The molecule has 0 heterocycles. The summed E-state index contributed by atoms with van der Waals surface area (Å²) in [5.41, 5.74) is 0. The molecule has 0 aromatic rings. The fourth-order valence-corrected chi connectivity index (χ4v) is 1.73. The Morgan fingerprint density at radius 3 is 2.17 bits per heavy atom. The van der Waals surface area contributed by atoms with Crippen LogP contribution in [0, 0.1) is 0 Å². The first-order chi connectivity index (χ1) is 2.91. The second kappa shape index (κ2) is 6.81. The molecule has 0 saturated heterocycles. The van der Waals surface area contributed by atoms with E-state index in [0.717, 1.165) is 55.5 Å². The zero-order valence-electron chi connectivity index (χ0n) is 4.83. The van der Waals surface area contributed by atoms with Gasteiger partial charge in [0, 0.05) is 0 Å². The van der Waals surface area contributed by atoms with Gasteiger partial charge in [-0.25, -0.2) is 0 Å². The molecule has 0 aliphatic carbocycles. The summed E-state index contributed by atoms with van der Waals surface area (Å²) in [5, 5.41) is 0. The Morgan fingerprint density at radius 1 is 1.33 bits per heavy atom. The van der Waals surface area contributed by atoms with Crippen LogP contribution in [-0.2, 0) is 0 Å². The van der Waals surface area contributed by atoms with Crippen molar-refractivity contribution >= 4 is 55.5 Å². The van der Waals surface area contributed by atoms with Crippen LogP contribution >= 0.6 is 0 Å². The van der Waals surface area contributed by atoms with Crippen LogP contribution in [-0.4, -0.2) is 55.5 Å². The van der Waals surface area contributed by atoms with E-state index >= 15 is 0 Å². The molecule has 0 amide bonds. The summed E-state index contributed by atoms with van der Waals surface area (Å²) >= 11 is 0.979. The van der Waals surface area contributed by atoms with Crippen molar-refractivity contribution in [3.63, 3.8) is 0 Å². The van der Waals surface area contributed by atoms with Gasteiger partial charge in [0.2, 0.25) is 0 Å². The van der Waals surface area contributed by atoms with E-state index in [1.165, 1.54) is 19.3 Å². The first-order valence-electron chi connectivity index (χ1n) is 2.91. The molecule has 6 heavy (non-hydrogen) atoms. The number of hydrogen-bond donors (Lipinski definition) is 0. The van der Waals surface area contributed by atoms with Gasteiger partial charge in [0.15, 0.2) is 0 Å². The monoisotopic (exact) mass is 156 g/mol. The molecule has 0 rings (SSSR count). The van der Waals surface area contributed by atoms with E-state index < -0.39 is 0 Å². The van der Waals surface area contributed by atoms with Crippen LogP contribution in [0.5, 0.6) is 0 Å². The first kappa shape index (κ1) is 7.81. The topological polar surface area (TPSA) is 0 Å². The molecule has 0 radical (unpaired) electrons. The molecule has 0 aliphatic rings. The Morgan fingerprint density at radius 2 is 2.00 bits per heavy atom. The number of rotatable bonds is 3. The predicted octanol–water partition coefficient (Wildman–Crippen LogP) is 1.76. The van der Waals surface area contributed by atoms with Gasteiger partial charge >= 0.3 is 81.2 Å². The molecule has 0 aromatic carbocycles. The van der Waals surface area contributed by atoms with Gasteiger partial charge in [0.05, 0.1) is 0 Å². The molecule has 0 unspecified atom stereocenters. The fourth-order valence-electron chi connectivity index (χ4n) is 0.500. The van der Waals surface area contributed by atoms with Crippen molar-refractivity contribution in [3.05, 3.63) is 0 Å². The Kier molecular flexibility index (Phi) is 8.85. The van der Waals surface area contributed by atoms with Gasteiger partial charge in [-0.3, -0.25) is 0 Å². The van der Waals surface area contributed by atoms with Crippen LogP contribution in [0.15, 0.2) is 0 Å². The van der Waals surface area contributed by atoms with E-state index in [2.05, 4.69) is 6.92 Å². The van der Waals surface area contributed by atoms with Crippen molar-refractivity contribution in [1.82, 2.24) is 0 Å². The maximum absolute atomic E-state index is 2.26. The summed E-state index contributed by atoms with van der Waals surface area (Å²) in [6.45, 7) is 2.26. The fraction of sp³-hybridized carbons (Fsp3) is 1.00. The summed E-state index contributed by atoms with van der Waals surface area (Å²) in [6, 6.07) is 0. The third-order valence-electron chi connectivity index (χ3n) is 0.957. The number of unbranched alkanes of at least 4 members (excludes halogenated alkanes) is 2. The Balaban J connectivity index is 2.34. The minimum absolute atomic E-state index is 0.979. The van der Waals surface area contributed by atoms with Crippen LogP contribution in [0.3, 0.4) is 0 Å². The second-order valence-corrected chi connectivity index (χ2v) is 4.17. The molecule has 0 saturated carbocycles. The summed E-state index contributed by atoms with van der Waals surface area (Å²) < 4.78 is 1.56. The molecule has 0 aromatic heterocycles. The summed E-state index contributed by atoms with van der Waals surface area (Å²) in [4.78, 5) is 0. The molecule has 0 N–H and O–H groups in total. The van der Waals surface area contributed by atoms with Gasteiger partial charge < -0.3 is 0 Å². The Bertz CT molecular complexity index is 15.9. The van der Waals surface area contributed by atoms with Gasteiger partial charge in [-0.1, -0.05) is 0 Å². The van der Waals surface area contributed by atoms with Crippen molar-refractivity contribution in [2.45, 2.75) is 25.7 Å². The van der Waals surface area contributed by atoms with E-state index in [0.29, 0.717) is 0 Å². The van der Waals surface area contributed by atoms with Crippen LogP contribution < -0.4 is 0 Å². The quantitative estimate of drug-likeness (QED) is 0.547. The Hall–Kier alpha value is 1.81. The second-order valence-electron chi connectivity index (χ2n) is 1.71. The van der Waals surface area contributed by atoms with Crippen molar-refractivity contribution in [3.8, 4) is 0 Å². The first-order valence-corrected chi connectivity index (χ1v) is 6.39. The van der Waals surface area contributed by atoms with Gasteiger partial charge in [-0.05, 0) is 0 Å². The SMILES string of the molecule is CCCC[CH2][Rb]. The molecule has 0 fully saturated rings. The summed E-state index contributed by atoms with van der Waals surface area (Å²) in [6.07, 6.45) is 4.36. The molecular formula is C5H11Rb. The van der Waals surface area contributed by atoms with E-state index in [1.807, 2.05) is 0 Å². The maximum atomic E-state index is 2.26. The molecule has 1 heteroatoms. The van der Waals surface area contributed by atoms with Gasteiger partial charge in [-0.15, -0.1) is 0 Å². The normalized spacial score (nSPS) is 9.17. The average Bonchev–Trinajstić information content (AvgIpc) is 1.61. The van der Waals surface area contributed by atoms with E-state index in [-0.39, 0.29) is 0 Å². The summed E-state index contributed by atoms with van der Waals surface area (Å²) in [5.74, 6) is 0. The minimum atomic E-state index is 0.979. The van der Waals surface area contributed by atoms with E-state index in [1.54, 1.807) is -0.511 Å². The molecule has 0 spiro atoms.